The van der Waals surface area contributed by atoms with E-state index in [1.807, 2.05) is 0 Å². The molecule has 0 aromatic heterocycles. The summed E-state index contributed by atoms with van der Waals surface area (Å²) in [7, 11) is 0. The molecule has 5 atom stereocenters. The number of carboxylic acids is 1. The lowest BCUT2D eigenvalue weighted by Gasteiger charge is -2.27. The van der Waals surface area contributed by atoms with E-state index in [-0.39, 0.29) is 25.0 Å². The van der Waals surface area contributed by atoms with Crippen LogP contribution in [0, 0.1) is 23.2 Å². The number of carboxylic acid groups (broad SMARTS) is 1. The predicted molar refractivity (Wildman–Crippen MR) is 67.3 cm³/mol. The first-order valence-corrected chi connectivity index (χ1v) is 6.80. The number of carbonyl (C=O) groups excluding carboxylic acids is 1. The molecule has 5 unspecified atom stereocenters. The van der Waals surface area contributed by atoms with Gasteiger partial charge in [-0.3, -0.25) is 9.59 Å². The Morgan fingerprint density at radius 3 is 2.74 bits per heavy atom. The number of amides is 1. The number of allylic oxidation sites excluding steroid dienone is 2. The molecule has 0 spiro atoms. The highest BCUT2D eigenvalue weighted by Gasteiger charge is 2.49. The van der Waals surface area contributed by atoms with Crippen LogP contribution in [0.1, 0.15) is 19.8 Å². The van der Waals surface area contributed by atoms with Gasteiger partial charge in [0.15, 0.2) is 0 Å². The van der Waals surface area contributed by atoms with E-state index in [9.17, 15) is 14.7 Å². The van der Waals surface area contributed by atoms with Crippen molar-refractivity contribution < 1.29 is 19.4 Å². The number of fused-ring (bicyclic) bond motifs is 2. The van der Waals surface area contributed by atoms with Crippen molar-refractivity contribution in [1.82, 2.24) is 5.32 Å². The van der Waals surface area contributed by atoms with Gasteiger partial charge in [0.25, 0.3) is 0 Å². The fraction of sp³-hybridized carbons (Fsp3) is 0.714. The fourth-order valence-corrected chi connectivity index (χ4v) is 3.45. The highest BCUT2D eigenvalue weighted by molar-refractivity contribution is 5.82. The summed E-state index contributed by atoms with van der Waals surface area (Å²) in [6.45, 7) is 2.07. The molecule has 3 rings (SSSR count). The average Bonchev–Trinajstić information content (AvgIpc) is 3.05. The van der Waals surface area contributed by atoms with Gasteiger partial charge in [-0.05, 0) is 31.6 Å². The van der Waals surface area contributed by atoms with E-state index in [4.69, 9.17) is 4.74 Å². The third-order valence-corrected chi connectivity index (χ3v) is 4.88. The highest BCUT2D eigenvalue weighted by atomic mass is 16.5. The van der Waals surface area contributed by atoms with Crippen LogP contribution in [-0.4, -0.2) is 36.2 Å². The fourth-order valence-electron chi connectivity index (χ4n) is 3.45. The SMILES string of the molecule is CC1(C(=O)O)COCC1NC(=O)C1CC2C=CC1C2. The molecule has 1 saturated heterocycles. The van der Waals surface area contributed by atoms with Crippen molar-refractivity contribution in [2.75, 3.05) is 13.2 Å². The summed E-state index contributed by atoms with van der Waals surface area (Å²) in [6, 6.07) is -0.430. The van der Waals surface area contributed by atoms with Crippen LogP contribution < -0.4 is 5.32 Å². The molecule has 3 aliphatic rings. The topological polar surface area (TPSA) is 75.6 Å². The van der Waals surface area contributed by atoms with E-state index in [2.05, 4.69) is 17.5 Å². The lowest BCUT2D eigenvalue weighted by atomic mass is 9.84. The Morgan fingerprint density at radius 1 is 1.37 bits per heavy atom. The molecule has 5 heteroatoms. The summed E-state index contributed by atoms with van der Waals surface area (Å²) in [6.07, 6.45) is 6.27. The van der Waals surface area contributed by atoms with Crippen molar-refractivity contribution in [3.05, 3.63) is 12.2 Å². The molecule has 0 aromatic carbocycles. The Balaban J connectivity index is 1.67. The number of carbonyl (C=O) groups is 2. The summed E-state index contributed by atoms with van der Waals surface area (Å²) in [5, 5.41) is 12.2. The molecule has 19 heavy (non-hydrogen) atoms. The second-order valence-corrected chi connectivity index (χ2v) is 6.19. The van der Waals surface area contributed by atoms with E-state index in [1.54, 1.807) is 6.92 Å². The van der Waals surface area contributed by atoms with E-state index < -0.39 is 17.4 Å². The first kappa shape index (κ1) is 12.7. The van der Waals surface area contributed by atoms with Crippen LogP contribution in [0.2, 0.25) is 0 Å². The molecular formula is C14H19NO4. The van der Waals surface area contributed by atoms with Crippen molar-refractivity contribution in [3.63, 3.8) is 0 Å². The standard InChI is InChI=1S/C14H19NO4/c1-14(13(17)18)7-19-6-11(14)15-12(16)10-5-8-2-3-9(10)4-8/h2-3,8-11H,4-7H2,1H3,(H,15,16)(H,17,18). The van der Waals surface area contributed by atoms with Crippen LogP contribution in [0.5, 0.6) is 0 Å². The van der Waals surface area contributed by atoms with Crippen LogP contribution in [0.15, 0.2) is 12.2 Å². The van der Waals surface area contributed by atoms with Gasteiger partial charge in [0.2, 0.25) is 5.91 Å². The number of hydrogen-bond acceptors (Lipinski definition) is 3. The van der Waals surface area contributed by atoms with Gasteiger partial charge >= 0.3 is 5.97 Å². The van der Waals surface area contributed by atoms with Gasteiger partial charge in [-0.15, -0.1) is 0 Å². The molecule has 2 fully saturated rings. The zero-order valence-corrected chi connectivity index (χ0v) is 11.0. The number of aliphatic carboxylic acids is 1. The minimum atomic E-state index is -1.01. The first-order chi connectivity index (χ1) is 9.00. The van der Waals surface area contributed by atoms with Gasteiger partial charge in [0.05, 0.1) is 19.3 Å². The summed E-state index contributed by atoms with van der Waals surface area (Å²) >= 11 is 0. The third kappa shape index (κ3) is 1.96. The minimum Gasteiger partial charge on any atom is -0.481 e. The molecule has 5 nitrogen and oxygen atoms in total. The average molecular weight is 265 g/mol. The number of nitrogens with one attached hydrogen (secondary N) is 1. The van der Waals surface area contributed by atoms with E-state index in [0.29, 0.717) is 11.8 Å². The van der Waals surface area contributed by atoms with E-state index >= 15 is 0 Å². The lowest BCUT2D eigenvalue weighted by molar-refractivity contribution is -0.149. The molecule has 104 valence electrons. The van der Waals surface area contributed by atoms with E-state index in [1.165, 1.54) is 0 Å². The van der Waals surface area contributed by atoms with Gasteiger partial charge < -0.3 is 15.2 Å². The van der Waals surface area contributed by atoms with Crippen LogP contribution in [0.25, 0.3) is 0 Å². The maximum Gasteiger partial charge on any atom is 0.313 e. The minimum absolute atomic E-state index is 0.00800. The molecule has 0 aromatic rings. The zero-order valence-electron chi connectivity index (χ0n) is 11.0. The Bertz CT molecular complexity index is 447. The maximum atomic E-state index is 12.3. The Kier molecular flexibility index (Phi) is 2.89. The van der Waals surface area contributed by atoms with Crippen LogP contribution in [-0.2, 0) is 14.3 Å². The third-order valence-electron chi connectivity index (χ3n) is 4.88. The largest absolute Gasteiger partial charge is 0.481 e. The molecule has 1 heterocycles. The smallest absolute Gasteiger partial charge is 0.313 e. The molecule has 0 radical (unpaired) electrons. The molecule has 1 amide bonds. The van der Waals surface area contributed by atoms with E-state index in [0.717, 1.165) is 12.8 Å². The van der Waals surface area contributed by atoms with Crippen molar-refractivity contribution >= 4 is 11.9 Å². The normalized spacial score (nSPS) is 43.6. The number of ether oxygens (including phenoxy) is 1. The highest BCUT2D eigenvalue weighted by Crippen LogP contribution is 2.43. The first-order valence-electron chi connectivity index (χ1n) is 6.80. The van der Waals surface area contributed by atoms with Crippen molar-refractivity contribution in [3.8, 4) is 0 Å². The van der Waals surface area contributed by atoms with Gasteiger partial charge in [-0.2, -0.15) is 0 Å². The summed E-state index contributed by atoms with van der Waals surface area (Å²) in [5.41, 5.74) is -1.01. The monoisotopic (exact) mass is 265 g/mol. The summed E-state index contributed by atoms with van der Waals surface area (Å²) in [5.74, 6) is -0.0496. The van der Waals surface area contributed by atoms with Crippen LogP contribution in [0.4, 0.5) is 0 Å². The molecular weight excluding hydrogens is 246 g/mol. The van der Waals surface area contributed by atoms with Crippen molar-refractivity contribution in [2.24, 2.45) is 23.2 Å². The van der Waals surface area contributed by atoms with Crippen LogP contribution >= 0.6 is 0 Å². The van der Waals surface area contributed by atoms with Gasteiger partial charge in [-0.1, -0.05) is 12.2 Å². The zero-order chi connectivity index (χ0) is 13.6. The Hall–Kier alpha value is -1.36. The maximum absolute atomic E-state index is 12.3. The molecule has 2 bridgehead atoms. The molecule has 1 aliphatic heterocycles. The quantitative estimate of drug-likeness (QED) is 0.740. The van der Waals surface area contributed by atoms with Crippen molar-refractivity contribution in [1.29, 1.82) is 0 Å². The molecule has 2 aliphatic carbocycles. The van der Waals surface area contributed by atoms with Gasteiger partial charge in [-0.25, -0.2) is 0 Å². The second-order valence-electron chi connectivity index (χ2n) is 6.19. The van der Waals surface area contributed by atoms with Crippen molar-refractivity contribution in [2.45, 2.75) is 25.8 Å². The number of rotatable bonds is 3. The number of hydrogen-bond donors (Lipinski definition) is 2. The molecule has 1 saturated carbocycles. The Morgan fingerprint density at radius 2 is 2.16 bits per heavy atom. The predicted octanol–water partition coefficient (Wildman–Crippen LogP) is 0.804. The molecule has 2 N–H and O–H groups in total. The van der Waals surface area contributed by atoms with Crippen LogP contribution in [0.3, 0.4) is 0 Å². The summed E-state index contributed by atoms with van der Waals surface area (Å²) < 4.78 is 5.25. The Labute approximate surface area is 112 Å². The second kappa shape index (κ2) is 4.34. The lowest BCUT2D eigenvalue weighted by Crippen LogP contribution is -2.51. The summed E-state index contributed by atoms with van der Waals surface area (Å²) in [4.78, 5) is 23.6. The van der Waals surface area contributed by atoms with Gasteiger partial charge in [0.1, 0.15) is 5.41 Å². The van der Waals surface area contributed by atoms with Gasteiger partial charge in [0, 0.05) is 5.92 Å².